The fourth-order valence-electron chi connectivity index (χ4n) is 7.43. The zero-order valence-corrected chi connectivity index (χ0v) is 40.9. The molecule has 4 aromatic rings. The highest BCUT2D eigenvalue weighted by molar-refractivity contribution is 6.36. The molecule has 0 aromatic carbocycles. The van der Waals surface area contributed by atoms with Gasteiger partial charge in [-0.1, -0.05) is 46.4 Å². The summed E-state index contributed by atoms with van der Waals surface area (Å²) in [6, 6.07) is 8.84. The second kappa shape index (κ2) is 20.7. The third-order valence-corrected chi connectivity index (χ3v) is 11.3. The molecule has 6 rings (SSSR count). The Labute approximate surface area is 394 Å². The zero-order valence-electron chi connectivity index (χ0n) is 37.8. The molecule has 2 aliphatic heterocycles. The predicted molar refractivity (Wildman–Crippen MR) is 248 cm³/mol. The van der Waals surface area contributed by atoms with E-state index in [0.29, 0.717) is 49.1 Å². The fourth-order valence-corrected chi connectivity index (χ4v) is 8.23. The van der Waals surface area contributed by atoms with Crippen LogP contribution in [0.4, 0.5) is 30.0 Å². The van der Waals surface area contributed by atoms with Gasteiger partial charge >= 0.3 is 12.2 Å². The van der Waals surface area contributed by atoms with E-state index in [9.17, 15) is 18.4 Å². The molecule has 4 aromatic heterocycles. The van der Waals surface area contributed by atoms with Crippen molar-refractivity contribution >= 4 is 70.2 Å². The first-order valence-electron chi connectivity index (χ1n) is 20.9. The smallest absolute Gasteiger partial charge is 0.416 e. The molecule has 12 nitrogen and oxygen atoms in total. The number of ether oxygens (including phenoxy) is 4. The maximum absolute atomic E-state index is 13.8. The quantitative estimate of drug-likeness (QED) is 0.157. The summed E-state index contributed by atoms with van der Waals surface area (Å²) in [7, 11) is 0. The zero-order chi connectivity index (χ0) is 47.4. The molecule has 0 unspecified atom stereocenters. The third-order valence-electron chi connectivity index (χ3n) is 10.1. The first-order chi connectivity index (χ1) is 29.7. The van der Waals surface area contributed by atoms with Crippen molar-refractivity contribution < 1.29 is 37.3 Å². The molecule has 0 aliphatic carbocycles. The number of amides is 2. The van der Waals surface area contributed by atoms with Gasteiger partial charge in [0, 0.05) is 62.0 Å². The van der Waals surface area contributed by atoms with Gasteiger partial charge in [-0.05, 0) is 131 Å². The molecule has 2 atom stereocenters. The van der Waals surface area contributed by atoms with Gasteiger partial charge in [0.25, 0.3) is 0 Å². The highest BCUT2D eigenvalue weighted by Crippen LogP contribution is 2.37. The Kier molecular flexibility index (Phi) is 16.5. The van der Waals surface area contributed by atoms with E-state index in [1.165, 1.54) is 34.3 Å². The van der Waals surface area contributed by atoms with E-state index >= 15 is 0 Å². The molecule has 0 spiro atoms. The van der Waals surface area contributed by atoms with Crippen molar-refractivity contribution in [2.24, 2.45) is 11.8 Å². The molecular formula is C46H56Cl4F2N6O6. The lowest BCUT2D eigenvalue weighted by atomic mass is 9.88. The van der Waals surface area contributed by atoms with Crippen molar-refractivity contribution in [3.05, 3.63) is 80.8 Å². The van der Waals surface area contributed by atoms with E-state index in [-0.39, 0.29) is 54.5 Å². The van der Waals surface area contributed by atoms with Gasteiger partial charge in [0.2, 0.25) is 11.9 Å². The van der Waals surface area contributed by atoms with E-state index in [4.69, 9.17) is 65.4 Å². The standard InChI is InChI=1S/2C23H28Cl2FN3O3/c2*1-22(2,3)32-21(30)29(13-14-8-9-31-23(4,5)11-14)19-7-6-16(24)20(28-19)15-10-18(26)27-12-17(15)25/h2*6-7,10,12,14H,8-9,11,13H2,1-5H3/t2*14-/m10/s1. The number of aromatic nitrogens is 4. The maximum Gasteiger partial charge on any atom is 0.416 e. The normalized spacial score (nSPS) is 18.3. The average Bonchev–Trinajstić information content (AvgIpc) is 3.17. The molecule has 0 bridgehead atoms. The molecule has 64 heavy (non-hydrogen) atoms. The number of carbonyl (C=O) groups is 2. The van der Waals surface area contributed by atoms with Crippen LogP contribution < -0.4 is 9.80 Å². The lowest BCUT2D eigenvalue weighted by Crippen LogP contribution is -2.44. The first kappa shape index (κ1) is 51.1. The van der Waals surface area contributed by atoms with Crippen LogP contribution >= 0.6 is 46.4 Å². The second-order valence-corrected chi connectivity index (χ2v) is 20.7. The van der Waals surface area contributed by atoms with Crippen LogP contribution in [0.25, 0.3) is 22.5 Å². The number of rotatable bonds is 8. The Hall–Kier alpha value is -3.92. The summed E-state index contributed by atoms with van der Waals surface area (Å²) in [6.07, 6.45) is 4.56. The van der Waals surface area contributed by atoms with Crippen LogP contribution in [0.5, 0.6) is 0 Å². The van der Waals surface area contributed by atoms with Crippen molar-refractivity contribution in [1.82, 2.24) is 19.9 Å². The molecule has 2 fully saturated rings. The molecular weight excluding hydrogens is 912 g/mol. The van der Waals surface area contributed by atoms with Gasteiger partial charge < -0.3 is 18.9 Å². The lowest BCUT2D eigenvalue weighted by molar-refractivity contribution is -0.0712. The van der Waals surface area contributed by atoms with E-state index in [0.717, 1.165) is 25.7 Å². The topological polar surface area (TPSA) is 129 Å². The Morgan fingerprint density at radius 2 is 1.02 bits per heavy atom. The number of nitrogens with zero attached hydrogens (tertiary/aromatic N) is 6. The molecule has 0 N–H and O–H groups in total. The fraction of sp³-hybridized carbons (Fsp3) is 0.522. The summed E-state index contributed by atoms with van der Waals surface area (Å²) in [4.78, 5) is 45.6. The van der Waals surface area contributed by atoms with Crippen LogP contribution in [0.15, 0.2) is 48.8 Å². The van der Waals surface area contributed by atoms with Gasteiger partial charge in [0.1, 0.15) is 22.8 Å². The van der Waals surface area contributed by atoms with Gasteiger partial charge in [-0.15, -0.1) is 0 Å². The van der Waals surface area contributed by atoms with Gasteiger partial charge in [-0.25, -0.2) is 29.5 Å². The highest BCUT2D eigenvalue weighted by Gasteiger charge is 2.35. The number of halogens is 6. The summed E-state index contributed by atoms with van der Waals surface area (Å²) in [5, 5.41) is 0.955. The largest absolute Gasteiger partial charge is 0.443 e. The number of hydrogen-bond donors (Lipinski definition) is 0. The summed E-state index contributed by atoms with van der Waals surface area (Å²) in [5.41, 5.74) is -0.807. The molecule has 2 saturated heterocycles. The number of carbonyl (C=O) groups excluding carboxylic acids is 2. The molecule has 0 radical (unpaired) electrons. The monoisotopic (exact) mass is 966 g/mol. The summed E-state index contributed by atoms with van der Waals surface area (Å²) >= 11 is 25.2. The Balaban J connectivity index is 0.000000241. The minimum atomic E-state index is -0.707. The molecule has 6 heterocycles. The SMILES string of the molecule is CC(C)(C)OC(=O)N(C[C@@H]1CCOC(C)(C)C1)c1ccc(Cl)c(-c2cc(F)ncc2Cl)n1.CC(C)(C)OC(=O)N(C[C@H]1CCOC(C)(C)C1)c1ccc(Cl)c(-c2cc(F)ncc2Cl)n1. The lowest BCUT2D eigenvalue weighted by Gasteiger charge is -2.38. The number of anilines is 2. The average molecular weight is 969 g/mol. The van der Waals surface area contributed by atoms with E-state index in [1.807, 2.05) is 27.7 Å². The highest BCUT2D eigenvalue weighted by atomic mass is 35.5. The molecule has 348 valence electrons. The van der Waals surface area contributed by atoms with Crippen LogP contribution in [-0.4, -0.2) is 80.8 Å². The molecule has 2 aliphatic rings. The molecule has 18 heteroatoms. The molecule has 2 amide bonds. The van der Waals surface area contributed by atoms with Crippen LogP contribution in [0.3, 0.4) is 0 Å². The molecule has 0 saturated carbocycles. The van der Waals surface area contributed by atoms with Gasteiger partial charge in [-0.3, -0.25) is 9.80 Å². The van der Waals surface area contributed by atoms with Gasteiger partial charge in [-0.2, -0.15) is 8.78 Å². The van der Waals surface area contributed by atoms with E-state index in [2.05, 4.69) is 19.9 Å². The predicted octanol–water partition coefficient (Wildman–Crippen LogP) is 13.1. The van der Waals surface area contributed by atoms with Crippen LogP contribution in [-0.2, 0) is 18.9 Å². The van der Waals surface area contributed by atoms with Crippen molar-refractivity contribution in [3.63, 3.8) is 0 Å². The Morgan fingerprint density at radius 3 is 1.34 bits per heavy atom. The van der Waals surface area contributed by atoms with Crippen molar-refractivity contribution in [3.8, 4) is 22.5 Å². The van der Waals surface area contributed by atoms with Crippen molar-refractivity contribution in [2.45, 2.75) is 117 Å². The van der Waals surface area contributed by atoms with Gasteiger partial charge in [0.05, 0.1) is 42.7 Å². The summed E-state index contributed by atoms with van der Waals surface area (Å²) in [5.74, 6) is -0.349. The Bertz CT molecular complexity index is 2150. The first-order valence-corrected chi connectivity index (χ1v) is 22.5. The maximum atomic E-state index is 13.8. The minimum Gasteiger partial charge on any atom is -0.443 e. The minimum absolute atomic E-state index is 0.189. The number of hydrogen-bond acceptors (Lipinski definition) is 10. The van der Waals surface area contributed by atoms with Crippen molar-refractivity contribution in [1.29, 1.82) is 0 Å². The van der Waals surface area contributed by atoms with Crippen LogP contribution in [0.2, 0.25) is 20.1 Å². The van der Waals surface area contributed by atoms with Crippen LogP contribution in [0.1, 0.15) is 94.9 Å². The van der Waals surface area contributed by atoms with Gasteiger partial charge in [0.15, 0.2) is 0 Å². The van der Waals surface area contributed by atoms with E-state index < -0.39 is 35.3 Å². The van der Waals surface area contributed by atoms with E-state index in [1.54, 1.807) is 65.8 Å². The summed E-state index contributed by atoms with van der Waals surface area (Å²) < 4.78 is 50.5. The third kappa shape index (κ3) is 14.5. The van der Waals surface area contributed by atoms with Crippen LogP contribution in [0, 0.1) is 23.7 Å². The second-order valence-electron chi connectivity index (χ2n) is 19.1. The summed E-state index contributed by atoms with van der Waals surface area (Å²) in [6.45, 7) is 21.0. The Morgan fingerprint density at radius 1 is 0.656 bits per heavy atom. The van der Waals surface area contributed by atoms with Crippen molar-refractivity contribution in [2.75, 3.05) is 36.1 Å². The number of pyridine rings is 4.